The molecular formula is C11H20ClN3O2S. The Kier molecular flexibility index (Phi) is 6.11. The molecule has 0 amide bonds. The van der Waals surface area contributed by atoms with E-state index in [1.165, 1.54) is 0 Å². The summed E-state index contributed by atoms with van der Waals surface area (Å²) in [5.74, 6) is 0.461. The molecule has 5 nitrogen and oxygen atoms in total. The minimum absolute atomic E-state index is 0.0937. The number of alkyl halides is 1. The van der Waals surface area contributed by atoms with Gasteiger partial charge in [0, 0.05) is 24.7 Å². The van der Waals surface area contributed by atoms with Crippen molar-refractivity contribution in [1.82, 2.24) is 14.5 Å². The monoisotopic (exact) mass is 293 g/mol. The van der Waals surface area contributed by atoms with E-state index in [2.05, 4.69) is 9.82 Å². The van der Waals surface area contributed by atoms with Crippen LogP contribution in [0.15, 0.2) is 6.07 Å². The van der Waals surface area contributed by atoms with Crippen LogP contribution in [-0.4, -0.2) is 36.4 Å². The SMILES string of the molecule is Cc1cc(C)n(CCCNS(=O)(=O)CCCCl)n1. The Morgan fingerprint density at radius 2 is 2.11 bits per heavy atom. The van der Waals surface area contributed by atoms with Gasteiger partial charge < -0.3 is 0 Å². The summed E-state index contributed by atoms with van der Waals surface area (Å²) in [6.45, 7) is 5.09. The summed E-state index contributed by atoms with van der Waals surface area (Å²) in [5.41, 5.74) is 2.08. The van der Waals surface area contributed by atoms with E-state index in [0.29, 0.717) is 18.8 Å². The van der Waals surface area contributed by atoms with Crippen molar-refractivity contribution in [2.24, 2.45) is 0 Å². The van der Waals surface area contributed by atoms with E-state index in [9.17, 15) is 8.42 Å². The van der Waals surface area contributed by atoms with Gasteiger partial charge in [0.1, 0.15) is 0 Å². The molecule has 1 rings (SSSR count). The third-order valence-corrected chi connectivity index (χ3v) is 4.26. The van der Waals surface area contributed by atoms with Crippen molar-refractivity contribution >= 4 is 21.6 Å². The molecule has 1 aromatic rings. The van der Waals surface area contributed by atoms with Gasteiger partial charge in [-0.15, -0.1) is 11.6 Å². The van der Waals surface area contributed by atoms with Gasteiger partial charge in [0.15, 0.2) is 0 Å². The average Bonchev–Trinajstić information content (AvgIpc) is 2.61. The van der Waals surface area contributed by atoms with Crippen molar-refractivity contribution in [2.75, 3.05) is 18.2 Å². The number of rotatable bonds is 8. The molecule has 0 aliphatic rings. The van der Waals surface area contributed by atoms with E-state index in [1.807, 2.05) is 24.6 Å². The summed E-state index contributed by atoms with van der Waals surface area (Å²) < 4.78 is 27.4. The molecule has 1 heterocycles. The summed E-state index contributed by atoms with van der Waals surface area (Å²) in [5, 5.41) is 4.32. The second kappa shape index (κ2) is 7.11. The Morgan fingerprint density at radius 3 is 2.67 bits per heavy atom. The van der Waals surface area contributed by atoms with Crippen molar-refractivity contribution in [3.05, 3.63) is 17.5 Å². The molecule has 0 radical (unpaired) electrons. The number of sulfonamides is 1. The molecule has 0 saturated carbocycles. The molecular weight excluding hydrogens is 274 g/mol. The lowest BCUT2D eigenvalue weighted by molar-refractivity contribution is 0.543. The Hall–Kier alpha value is -0.590. The highest BCUT2D eigenvalue weighted by Gasteiger charge is 2.08. The van der Waals surface area contributed by atoms with Gasteiger partial charge in [0.25, 0.3) is 0 Å². The smallest absolute Gasteiger partial charge is 0.211 e. The van der Waals surface area contributed by atoms with Crippen LogP contribution in [0, 0.1) is 13.8 Å². The van der Waals surface area contributed by atoms with Crippen LogP contribution in [0.3, 0.4) is 0 Å². The van der Waals surface area contributed by atoms with Crippen LogP contribution in [-0.2, 0) is 16.6 Å². The predicted molar refractivity (Wildman–Crippen MR) is 73.4 cm³/mol. The first-order valence-electron chi connectivity index (χ1n) is 5.99. The molecule has 0 unspecified atom stereocenters. The van der Waals surface area contributed by atoms with Crippen LogP contribution in [0.25, 0.3) is 0 Å². The van der Waals surface area contributed by atoms with Crippen LogP contribution < -0.4 is 4.72 Å². The fraction of sp³-hybridized carbons (Fsp3) is 0.727. The average molecular weight is 294 g/mol. The molecule has 0 atom stereocenters. The maximum absolute atomic E-state index is 11.5. The quantitative estimate of drug-likeness (QED) is 0.583. The summed E-state index contributed by atoms with van der Waals surface area (Å²) >= 11 is 5.46. The summed E-state index contributed by atoms with van der Waals surface area (Å²) in [6.07, 6.45) is 1.20. The molecule has 0 saturated heterocycles. The van der Waals surface area contributed by atoms with Crippen molar-refractivity contribution in [2.45, 2.75) is 33.2 Å². The lowest BCUT2D eigenvalue weighted by Gasteiger charge is -2.07. The minimum atomic E-state index is -3.17. The topological polar surface area (TPSA) is 64.0 Å². The van der Waals surface area contributed by atoms with Crippen LogP contribution in [0.1, 0.15) is 24.2 Å². The van der Waals surface area contributed by atoms with Crippen LogP contribution >= 0.6 is 11.6 Å². The number of nitrogens with zero attached hydrogens (tertiary/aromatic N) is 2. The zero-order chi connectivity index (χ0) is 13.6. The van der Waals surface area contributed by atoms with E-state index in [-0.39, 0.29) is 5.75 Å². The highest BCUT2D eigenvalue weighted by Crippen LogP contribution is 2.02. The number of hydrogen-bond acceptors (Lipinski definition) is 3. The second-order valence-electron chi connectivity index (χ2n) is 4.26. The Labute approximate surface area is 114 Å². The molecule has 0 bridgehead atoms. The van der Waals surface area contributed by atoms with E-state index in [0.717, 1.165) is 24.4 Å². The van der Waals surface area contributed by atoms with Crippen molar-refractivity contribution in [3.63, 3.8) is 0 Å². The highest BCUT2D eigenvalue weighted by molar-refractivity contribution is 7.89. The zero-order valence-electron chi connectivity index (χ0n) is 10.8. The first kappa shape index (κ1) is 15.5. The number of aryl methyl sites for hydroxylation is 3. The van der Waals surface area contributed by atoms with E-state index in [4.69, 9.17) is 11.6 Å². The molecule has 18 heavy (non-hydrogen) atoms. The number of hydrogen-bond donors (Lipinski definition) is 1. The van der Waals surface area contributed by atoms with Crippen molar-refractivity contribution in [1.29, 1.82) is 0 Å². The Bertz CT molecular complexity index is 471. The molecule has 1 N–H and O–H groups in total. The van der Waals surface area contributed by atoms with Gasteiger partial charge in [-0.05, 0) is 32.8 Å². The normalized spacial score (nSPS) is 11.9. The Morgan fingerprint density at radius 1 is 1.39 bits per heavy atom. The van der Waals surface area contributed by atoms with Crippen molar-refractivity contribution < 1.29 is 8.42 Å². The molecule has 0 spiro atoms. The van der Waals surface area contributed by atoms with Gasteiger partial charge in [0.05, 0.1) is 11.4 Å². The molecule has 7 heteroatoms. The molecule has 104 valence electrons. The van der Waals surface area contributed by atoms with Crippen LogP contribution in [0.2, 0.25) is 0 Å². The van der Waals surface area contributed by atoms with E-state index >= 15 is 0 Å². The number of aromatic nitrogens is 2. The Balaban J connectivity index is 2.28. The number of nitrogens with one attached hydrogen (secondary N) is 1. The van der Waals surface area contributed by atoms with Gasteiger partial charge >= 0.3 is 0 Å². The lowest BCUT2D eigenvalue weighted by Crippen LogP contribution is -2.28. The predicted octanol–water partition coefficient (Wildman–Crippen LogP) is 1.44. The minimum Gasteiger partial charge on any atom is -0.270 e. The van der Waals surface area contributed by atoms with Crippen molar-refractivity contribution in [3.8, 4) is 0 Å². The molecule has 0 aromatic carbocycles. The molecule has 0 fully saturated rings. The largest absolute Gasteiger partial charge is 0.270 e. The van der Waals surface area contributed by atoms with Gasteiger partial charge in [-0.1, -0.05) is 0 Å². The molecule has 0 aliphatic heterocycles. The molecule has 1 aromatic heterocycles. The summed E-state index contributed by atoms with van der Waals surface area (Å²) in [6, 6.07) is 2.00. The fourth-order valence-corrected chi connectivity index (χ4v) is 3.09. The first-order chi connectivity index (χ1) is 8.44. The van der Waals surface area contributed by atoms with Crippen LogP contribution in [0.5, 0.6) is 0 Å². The maximum Gasteiger partial charge on any atom is 0.211 e. The van der Waals surface area contributed by atoms with Crippen LogP contribution in [0.4, 0.5) is 0 Å². The summed E-state index contributed by atoms with van der Waals surface area (Å²) in [4.78, 5) is 0. The highest BCUT2D eigenvalue weighted by atomic mass is 35.5. The maximum atomic E-state index is 11.5. The fourth-order valence-electron chi connectivity index (χ4n) is 1.67. The second-order valence-corrected chi connectivity index (χ2v) is 6.56. The number of halogens is 1. The van der Waals surface area contributed by atoms with E-state index < -0.39 is 10.0 Å². The van der Waals surface area contributed by atoms with Gasteiger partial charge in [-0.25, -0.2) is 13.1 Å². The van der Waals surface area contributed by atoms with Gasteiger partial charge in [-0.2, -0.15) is 5.10 Å². The first-order valence-corrected chi connectivity index (χ1v) is 8.17. The third-order valence-electron chi connectivity index (χ3n) is 2.52. The summed E-state index contributed by atoms with van der Waals surface area (Å²) in [7, 11) is -3.17. The standard InChI is InChI=1S/C11H20ClN3O2S/c1-10-9-11(2)15(14-10)7-4-6-13-18(16,17)8-3-5-12/h9,13H,3-8H2,1-2H3. The van der Waals surface area contributed by atoms with E-state index in [1.54, 1.807) is 0 Å². The zero-order valence-corrected chi connectivity index (χ0v) is 12.4. The van der Waals surface area contributed by atoms with Gasteiger partial charge in [0.2, 0.25) is 10.0 Å². The lowest BCUT2D eigenvalue weighted by atomic mass is 10.4. The third kappa shape index (κ3) is 5.37. The molecule has 0 aliphatic carbocycles. The van der Waals surface area contributed by atoms with Gasteiger partial charge in [-0.3, -0.25) is 4.68 Å².